The van der Waals surface area contributed by atoms with Crippen LogP contribution in [0.15, 0.2) is 36.9 Å². The summed E-state index contributed by atoms with van der Waals surface area (Å²) >= 11 is 0. The fourth-order valence-corrected chi connectivity index (χ4v) is 1.13. The lowest BCUT2D eigenvalue weighted by molar-refractivity contribution is 0.0992. The molecule has 0 unspecified atom stereocenters. The number of amides is 2. The van der Waals surface area contributed by atoms with Crippen LogP contribution in [0.3, 0.4) is 0 Å². The molecule has 2 rings (SSSR count). The van der Waals surface area contributed by atoms with Crippen molar-refractivity contribution in [1.29, 1.82) is 0 Å². The van der Waals surface area contributed by atoms with Gasteiger partial charge >= 0.3 is 0 Å². The number of hydrogen-bond acceptors (Lipinski definition) is 2. The molecule has 2 heterocycles. The number of nitrogens with one attached hydrogen (secondary N) is 1. The molecule has 0 aliphatic carbocycles. The Bertz CT molecular complexity index is 499. The quantitative estimate of drug-likeness (QED) is 0.692. The van der Waals surface area contributed by atoms with E-state index in [-0.39, 0.29) is 5.91 Å². The second kappa shape index (κ2) is 5.55. The first kappa shape index (κ1) is 12.6. The van der Waals surface area contributed by atoms with Gasteiger partial charge in [0.15, 0.2) is 0 Å². The van der Waals surface area contributed by atoms with Crippen LogP contribution in [0.1, 0.15) is 20.7 Å². The highest BCUT2D eigenvalue weighted by Crippen LogP contribution is 1.96. The van der Waals surface area contributed by atoms with Gasteiger partial charge < -0.3 is 21.0 Å². The van der Waals surface area contributed by atoms with Gasteiger partial charge in [-0.25, -0.2) is 0 Å². The molecule has 0 aromatic carbocycles. The number of H-pyrrole nitrogens is 1. The van der Waals surface area contributed by atoms with Crippen LogP contribution in [0.2, 0.25) is 0 Å². The molecule has 0 radical (unpaired) electrons. The Morgan fingerprint density at radius 3 is 2.06 bits per heavy atom. The van der Waals surface area contributed by atoms with E-state index in [1.165, 1.54) is 0 Å². The summed E-state index contributed by atoms with van der Waals surface area (Å²) in [6.45, 7) is 0. The molecule has 0 bridgehead atoms. The molecule has 90 valence electrons. The average molecular weight is 234 g/mol. The summed E-state index contributed by atoms with van der Waals surface area (Å²) in [5.74, 6) is -0.776. The van der Waals surface area contributed by atoms with Crippen molar-refractivity contribution < 1.29 is 9.59 Å². The summed E-state index contributed by atoms with van der Waals surface area (Å²) in [4.78, 5) is 23.4. The number of rotatable bonds is 2. The first-order chi connectivity index (χ1) is 8.00. The van der Waals surface area contributed by atoms with Gasteiger partial charge in [0.1, 0.15) is 0 Å². The van der Waals surface area contributed by atoms with Crippen molar-refractivity contribution in [2.24, 2.45) is 18.5 Å². The van der Waals surface area contributed by atoms with E-state index in [2.05, 4.69) is 4.98 Å². The van der Waals surface area contributed by atoms with Gasteiger partial charge in [0, 0.05) is 31.8 Å². The lowest BCUT2D eigenvalue weighted by Gasteiger charge is -1.84. The number of carbonyl (C=O) groups excluding carboxylic acids is 2. The summed E-state index contributed by atoms with van der Waals surface area (Å²) in [6.07, 6.45) is 6.67. The number of nitrogens with two attached hydrogens (primary N) is 2. The monoisotopic (exact) mass is 234 g/mol. The van der Waals surface area contributed by atoms with E-state index < -0.39 is 5.91 Å². The Kier molecular flexibility index (Phi) is 4.10. The Morgan fingerprint density at radius 1 is 1.18 bits per heavy atom. The summed E-state index contributed by atoms with van der Waals surface area (Å²) in [7, 11) is 1.84. The van der Waals surface area contributed by atoms with Crippen LogP contribution in [0.25, 0.3) is 0 Å². The normalized spacial score (nSPS) is 9.24. The second-order valence-electron chi connectivity index (χ2n) is 3.39. The Labute approximate surface area is 98.2 Å². The van der Waals surface area contributed by atoms with Crippen molar-refractivity contribution in [2.75, 3.05) is 0 Å². The number of carbonyl (C=O) groups is 2. The van der Waals surface area contributed by atoms with Crippen LogP contribution in [0.4, 0.5) is 0 Å². The molecular weight excluding hydrogens is 220 g/mol. The molecule has 0 saturated carbocycles. The maximum atomic E-state index is 10.4. The summed E-state index contributed by atoms with van der Waals surface area (Å²) in [5.41, 5.74) is 10.9. The maximum Gasteiger partial charge on any atom is 0.250 e. The number of primary amides is 2. The molecule has 0 atom stereocenters. The van der Waals surface area contributed by atoms with Crippen LogP contribution in [-0.4, -0.2) is 21.4 Å². The zero-order valence-corrected chi connectivity index (χ0v) is 9.38. The number of aromatic amines is 1. The fourth-order valence-electron chi connectivity index (χ4n) is 1.13. The van der Waals surface area contributed by atoms with Gasteiger partial charge in [-0.3, -0.25) is 9.59 Å². The molecule has 2 aromatic rings. The van der Waals surface area contributed by atoms with Crippen molar-refractivity contribution >= 4 is 11.8 Å². The Hall–Kier alpha value is -2.50. The smallest absolute Gasteiger partial charge is 0.250 e. The number of aromatic nitrogens is 2. The second-order valence-corrected chi connectivity index (χ2v) is 3.39. The zero-order valence-electron chi connectivity index (χ0n) is 9.38. The highest BCUT2D eigenvalue weighted by atomic mass is 16.1. The third-order valence-corrected chi connectivity index (χ3v) is 2.00. The fraction of sp³-hybridized carbons (Fsp3) is 0.0909. The van der Waals surface area contributed by atoms with E-state index in [0.717, 1.165) is 0 Å². The van der Waals surface area contributed by atoms with E-state index >= 15 is 0 Å². The van der Waals surface area contributed by atoms with Crippen LogP contribution < -0.4 is 11.5 Å². The molecule has 0 fully saturated rings. The summed E-state index contributed by atoms with van der Waals surface area (Å²) < 4.78 is 1.78. The van der Waals surface area contributed by atoms with E-state index in [1.54, 1.807) is 41.5 Å². The van der Waals surface area contributed by atoms with Gasteiger partial charge in [0.05, 0.1) is 11.1 Å². The highest BCUT2D eigenvalue weighted by Gasteiger charge is 1.98. The summed E-state index contributed by atoms with van der Waals surface area (Å²) in [5, 5.41) is 0. The minimum Gasteiger partial charge on any atom is -0.367 e. The first-order valence-electron chi connectivity index (χ1n) is 4.85. The average Bonchev–Trinajstić information content (AvgIpc) is 2.87. The zero-order chi connectivity index (χ0) is 12.8. The minimum absolute atomic E-state index is 0.379. The minimum atomic E-state index is -0.397. The SMILES string of the molecule is Cn1ccc(C(N)=O)c1.NC(=O)c1cc[nH]c1. The number of aryl methyl sites for hydroxylation is 1. The molecule has 2 aromatic heterocycles. The topological polar surface area (TPSA) is 107 Å². The number of hydrogen-bond donors (Lipinski definition) is 3. The molecule has 17 heavy (non-hydrogen) atoms. The molecule has 5 N–H and O–H groups in total. The van der Waals surface area contributed by atoms with Crippen molar-refractivity contribution in [1.82, 2.24) is 9.55 Å². The standard InChI is InChI=1S/C6H8N2O.C5H6N2O/c1-8-3-2-5(4-8)6(7)9;6-5(8)4-1-2-7-3-4/h2-4H,1H3,(H2,7,9);1-3,7H,(H2,6,8). The van der Waals surface area contributed by atoms with E-state index in [1.807, 2.05) is 7.05 Å². The lowest BCUT2D eigenvalue weighted by atomic mass is 10.3. The van der Waals surface area contributed by atoms with Crippen LogP contribution in [-0.2, 0) is 7.05 Å². The van der Waals surface area contributed by atoms with Gasteiger partial charge in [-0.05, 0) is 12.1 Å². The molecule has 6 nitrogen and oxygen atoms in total. The van der Waals surface area contributed by atoms with Crippen LogP contribution in [0.5, 0.6) is 0 Å². The Balaban J connectivity index is 0.000000171. The lowest BCUT2D eigenvalue weighted by Crippen LogP contribution is -2.09. The van der Waals surface area contributed by atoms with Crippen molar-refractivity contribution in [2.45, 2.75) is 0 Å². The van der Waals surface area contributed by atoms with E-state index in [4.69, 9.17) is 11.5 Å². The summed E-state index contributed by atoms with van der Waals surface area (Å²) in [6, 6.07) is 3.31. The van der Waals surface area contributed by atoms with Gasteiger partial charge in [-0.15, -0.1) is 0 Å². The molecule has 0 saturated heterocycles. The van der Waals surface area contributed by atoms with Gasteiger partial charge in [0.2, 0.25) is 11.8 Å². The third kappa shape index (κ3) is 3.86. The largest absolute Gasteiger partial charge is 0.367 e. The Morgan fingerprint density at radius 2 is 1.82 bits per heavy atom. The van der Waals surface area contributed by atoms with Crippen LogP contribution >= 0.6 is 0 Å². The van der Waals surface area contributed by atoms with Gasteiger partial charge in [-0.1, -0.05) is 0 Å². The van der Waals surface area contributed by atoms with E-state index in [0.29, 0.717) is 11.1 Å². The van der Waals surface area contributed by atoms with Crippen LogP contribution in [0, 0.1) is 0 Å². The molecule has 0 spiro atoms. The maximum absolute atomic E-state index is 10.4. The van der Waals surface area contributed by atoms with Gasteiger partial charge in [0.25, 0.3) is 0 Å². The first-order valence-corrected chi connectivity index (χ1v) is 4.85. The highest BCUT2D eigenvalue weighted by molar-refractivity contribution is 5.92. The van der Waals surface area contributed by atoms with Gasteiger partial charge in [-0.2, -0.15) is 0 Å². The molecule has 0 aliphatic heterocycles. The molecule has 6 heteroatoms. The third-order valence-electron chi connectivity index (χ3n) is 2.00. The van der Waals surface area contributed by atoms with Crippen molar-refractivity contribution in [3.63, 3.8) is 0 Å². The predicted molar refractivity (Wildman–Crippen MR) is 63.2 cm³/mol. The molecule has 2 amide bonds. The molecular formula is C11H14N4O2. The van der Waals surface area contributed by atoms with Crippen molar-refractivity contribution in [3.05, 3.63) is 48.0 Å². The molecule has 0 aliphatic rings. The van der Waals surface area contributed by atoms with Crippen molar-refractivity contribution in [3.8, 4) is 0 Å². The van der Waals surface area contributed by atoms with E-state index in [9.17, 15) is 9.59 Å². The predicted octanol–water partition coefficient (Wildman–Crippen LogP) is 0.238. The number of nitrogens with zero attached hydrogens (tertiary/aromatic N) is 1.